The van der Waals surface area contributed by atoms with Crippen LogP contribution >= 0.6 is 11.6 Å². The first-order chi connectivity index (χ1) is 18.8. The second-order valence-corrected chi connectivity index (χ2v) is 12.7. The summed E-state index contributed by atoms with van der Waals surface area (Å²) >= 11 is 5.53. The van der Waals surface area contributed by atoms with Gasteiger partial charge in [-0.05, 0) is 97.6 Å². The first kappa shape index (κ1) is 30.4. The van der Waals surface area contributed by atoms with Gasteiger partial charge in [-0.3, -0.25) is 0 Å². The zero-order valence-corrected chi connectivity index (χ0v) is 24.3. The predicted octanol–water partition coefficient (Wildman–Crippen LogP) is 11.5. The van der Waals surface area contributed by atoms with Crippen molar-refractivity contribution in [2.75, 3.05) is 0 Å². The lowest BCUT2D eigenvalue weighted by Gasteiger charge is -2.32. The molecule has 2 saturated carbocycles. The van der Waals surface area contributed by atoms with Crippen LogP contribution in [-0.2, 0) is 12.8 Å². The number of halogens is 5. The fraction of sp³-hybridized carbons (Fsp3) is 0.647. The normalized spacial score (nSPS) is 23.7. The summed E-state index contributed by atoms with van der Waals surface area (Å²) < 4.78 is 57.2. The van der Waals surface area contributed by atoms with Crippen molar-refractivity contribution in [2.24, 2.45) is 17.8 Å². The Hall–Kier alpha value is -1.55. The van der Waals surface area contributed by atoms with Gasteiger partial charge in [-0.25, -0.2) is 17.6 Å². The van der Waals surface area contributed by atoms with Gasteiger partial charge in [-0.1, -0.05) is 89.2 Å². The van der Waals surface area contributed by atoms with Gasteiger partial charge >= 0.3 is 0 Å². The molecule has 2 aliphatic carbocycles. The highest BCUT2D eigenvalue weighted by Crippen LogP contribution is 2.41. The molecule has 2 aliphatic rings. The van der Waals surface area contributed by atoms with Crippen LogP contribution in [0.2, 0.25) is 5.02 Å². The van der Waals surface area contributed by atoms with E-state index in [-0.39, 0.29) is 24.3 Å². The van der Waals surface area contributed by atoms with Crippen molar-refractivity contribution in [3.63, 3.8) is 0 Å². The van der Waals surface area contributed by atoms with Gasteiger partial charge in [0.05, 0.1) is 0 Å². The topological polar surface area (TPSA) is 0 Å². The van der Waals surface area contributed by atoms with Crippen LogP contribution in [-0.4, -0.2) is 0 Å². The molecule has 0 aliphatic heterocycles. The second kappa shape index (κ2) is 14.9. The molecule has 0 spiro atoms. The second-order valence-electron chi connectivity index (χ2n) is 12.4. The lowest BCUT2D eigenvalue weighted by Crippen LogP contribution is -2.18. The van der Waals surface area contributed by atoms with E-state index < -0.39 is 28.3 Å². The number of rotatable bonds is 12. The summed E-state index contributed by atoms with van der Waals surface area (Å²) in [6.45, 7) is 2.28. The molecule has 0 bridgehead atoms. The van der Waals surface area contributed by atoms with Crippen molar-refractivity contribution in [1.82, 2.24) is 0 Å². The van der Waals surface area contributed by atoms with Crippen molar-refractivity contribution in [1.29, 1.82) is 0 Å². The molecule has 0 atom stereocenters. The monoisotopic (exact) mass is 564 g/mol. The molecule has 0 radical (unpaired) electrons. The molecule has 0 heterocycles. The number of hydrogen-bond donors (Lipinski definition) is 0. The Bertz CT molecular complexity index is 1010. The van der Waals surface area contributed by atoms with Crippen LogP contribution in [0.1, 0.15) is 126 Å². The molecule has 0 saturated heterocycles. The third-order valence-corrected chi connectivity index (χ3v) is 9.97. The van der Waals surface area contributed by atoms with Gasteiger partial charge < -0.3 is 0 Å². The molecule has 0 aromatic heterocycles. The Morgan fingerprint density at radius 2 is 1.13 bits per heavy atom. The quantitative estimate of drug-likeness (QED) is 0.137. The zero-order chi connectivity index (χ0) is 27.8. The molecule has 4 rings (SSSR count). The van der Waals surface area contributed by atoms with Gasteiger partial charge in [0, 0.05) is 5.56 Å². The van der Waals surface area contributed by atoms with E-state index in [0.29, 0.717) is 5.56 Å². The summed E-state index contributed by atoms with van der Waals surface area (Å²) in [6, 6.07) is 5.20. The van der Waals surface area contributed by atoms with E-state index in [1.807, 2.05) is 0 Å². The van der Waals surface area contributed by atoms with Gasteiger partial charge in [0.1, 0.15) is 28.3 Å². The molecule has 0 unspecified atom stereocenters. The molecule has 216 valence electrons. The van der Waals surface area contributed by atoms with Crippen LogP contribution in [0.25, 0.3) is 0 Å². The maximum absolute atomic E-state index is 14.9. The van der Waals surface area contributed by atoms with Crippen LogP contribution in [0.4, 0.5) is 17.6 Å². The average molecular weight is 565 g/mol. The summed E-state index contributed by atoms with van der Waals surface area (Å²) in [4.78, 5) is 0. The summed E-state index contributed by atoms with van der Waals surface area (Å²) in [7, 11) is 0. The van der Waals surface area contributed by atoms with Gasteiger partial charge in [0.15, 0.2) is 0 Å². The smallest absolute Gasteiger partial charge is 0.145 e. The highest BCUT2D eigenvalue weighted by atomic mass is 35.5. The van der Waals surface area contributed by atoms with E-state index in [9.17, 15) is 17.6 Å². The first-order valence-corrected chi connectivity index (χ1v) is 15.8. The minimum Gasteiger partial charge on any atom is -0.207 e. The molecule has 39 heavy (non-hydrogen) atoms. The minimum atomic E-state index is -0.862. The molecule has 2 aromatic carbocycles. The van der Waals surface area contributed by atoms with Gasteiger partial charge in [-0.2, -0.15) is 0 Å². The molecule has 0 nitrogen and oxygen atoms in total. The Morgan fingerprint density at radius 3 is 1.67 bits per heavy atom. The highest BCUT2D eigenvalue weighted by molar-refractivity contribution is 6.30. The number of aryl methyl sites for hydroxylation is 1. The van der Waals surface area contributed by atoms with Crippen LogP contribution in [0.3, 0.4) is 0 Å². The van der Waals surface area contributed by atoms with Crippen molar-refractivity contribution in [3.05, 3.63) is 69.2 Å². The van der Waals surface area contributed by atoms with Crippen molar-refractivity contribution in [2.45, 2.75) is 122 Å². The Labute approximate surface area is 237 Å². The van der Waals surface area contributed by atoms with Crippen LogP contribution < -0.4 is 0 Å². The molecule has 2 aromatic rings. The molecular weight excluding hydrogens is 520 g/mol. The van der Waals surface area contributed by atoms with E-state index in [1.54, 1.807) is 0 Å². The first-order valence-electron chi connectivity index (χ1n) is 15.4. The molecule has 0 amide bonds. The van der Waals surface area contributed by atoms with E-state index in [1.165, 1.54) is 82.8 Å². The van der Waals surface area contributed by atoms with Gasteiger partial charge in [0.2, 0.25) is 0 Å². The van der Waals surface area contributed by atoms with Crippen molar-refractivity contribution < 1.29 is 17.6 Å². The number of hydrogen-bond acceptors (Lipinski definition) is 0. The highest BCUT2D eigenvalue weighted by Gasteiger charge is 2.26. The van der Waals surface area contributed by atoms with E-state index in [4.69, 9.17) is 11.6 Å². The number of benzene rings is 2. The lowest BCUT2D eigenvalue weighted by atomic mass is 9.74. The SMILES string of the molecule is CCCCCC[C@H]1CC[C@H](CC[C@H]2CC[C@H](c3cc(F)c(CCc4cc(F)c(Cl)c(F)c4)c(F)c3)CC2)CC1. The maximum atomic E-state index is 14.9. The standard InChI is InChI=1S/C34H45ClF4/c1-2-3-4-5-6-23-7-9-24(10-8-23)11-12-25-13-16-27(17-14-25)28-21-30(36)29(31(37)22-28)18-15-26-19-32(38)34(35)33(39)20-26/h19-25,27H,2-18H2,1H3/t23-,24-,25-,27-. The predicted molar refractivity (Wildman–Crippen MR) is 153 cm³/mol. The Balaban J connectivity index is 1.20. The van der Waals surface area contributed by atoms with Crippen LogP contribution in [0, 0.1) is 41.0 Å². The summed E-state index contributed by atoms with van der Waals surface area (Å²) in [5.41, 5.74) is 1.04. The minimum absolute atomic E-state index is 0.0288. The largest absolute Gasteiger partial charge is 0.207 e. The Morgan fingerprint density at radius 1 is 0.615 bits per heavy atom. The molecular formula is C34H45ClF4. The molecule has 5 heteroatoms. The summed E-state index contributed by atoms with van der Waals surface area (Å²) in [5, 5.41) is -0.564. The van der Waals surface area contributed by atoms with E-state index >= 15 is 0 Å². The third-order valence-electron chi connectivity index (χ3n) is 9.60. The molecule has 2 fully saturated rings. The van der Waals surface area contributed by atoms with Crippen LogP contribution in [0.15, 0.2) is 24.3 Å². The summed E-state index contributed by atoms with van der Waals surface area (Å²) in [5.74, 6) is -0.0661. The maximum Gasteiger partial charge on any atom is 0.145 e. The number of unbranched alkanes of at least 4 members (excludes halogenated alkanes) is 3. The lowest BCUT2D eigenvalue weighted by molar-refractivity contribution is 0.222. The average Bonchev–Trinajstić information content (AvgIpc) is 2.93. The van der Waals surface area contributed by atoms with Gasteiger partial charge in [0.25, 0.3) is 0 Å². The fourth-order valence-corrected chi connectivity index (χ4v) is 7.15. The van der Waals surface area contributed by atoms with E-state index in [2.05, 4.69) is 6.92 Å². The zero-order valence-electron chi connectivity index (χ0n) is 23.5. The van der Waals surface area contributed by atoms with Crippen molar-refractivity contribution >= 4 is 11.6 Å². The summed E-state index contributed by atoms with van der Waals surface area (Å²) in [6.07, 6.45) is 19.6. The van der Waals surface area contributed by atoms with Gasteiger partial charge in [-0.15, -0.1) is 0 Å². The van der Waals surface area contributed by atoms with E-state index in [0.717, 1.165) is 61.1 Å². The molecule has 0 N–H and O–H groups in total. The Kier molecular flexibility index (Phi) is 11.6. The third kappa shape index (κ3) is 8.72. The van der Waals surface area contributed by atoms with Crippen molar-refractivity contribution in [3.8, 4) is 0 Å². The fourth-order valence-electron chi connectivity index (χ4n) is 7.04. The van der Waals surface area contributed by atoms with Crippen LogP contribution in [0.5, 0.6) is 0 Å².